The molecule has 0 spiro atoms. The predicted octanol–water partition coefficient (Wildman–Crippen LogP) is 2.27. The second-order valence-corrected chi connectivity index (χ2v) is 4.83. The molecule has 0 aliphatic carbocycles. The van der Waals surface area contributed by atoms with E-state index in [1.54, 1.807) is 0 Å². The van der Waals surface area contributed by atoms with Crippen molar-refractivity contribution in [2.24, 2.45) is 0 Å². The van der Waals surface area contributed by atoms with Crippen LogP contribution in [-0.4, -0.2) is 24.9 Å². The van der Waals surface area contributed by atoms with Crippen LogP contribution in [0.1, 0.15) is 18.9 Å². The smallest absolute Gasteiger partial charge is 0.314 e. The maximum atomic E-state index is 11.4. The van der Waals surface area contributed by atoms with Crippen molar-refractivity contribution < 1.29 is 9.59 Å². The zero-order valence-corrected chi connectivity index (χ0v) is 11.9. The van der Waals surface area contributed by atoms with Crippen molar-refractivity contribution in [3.05, 3.63) is 34.3 Å². The van der Waals surface area contributed by atoms with Gasteiger partial charge in [-0.15, -0.1) is 0 Å². The van der Waals surface area contributed by atoms with Crippen molar-refractivity contribution in [3.63, 3.8) is 0 Å². The van der Waals surface area contributed by atoms with E-state index in [1.165, 1.54) is 6.92 Å². The molecule has 0 saturated carbocycles. The first-order valence-corrected chi connectivity index (χ1v) is 6.63. The van der Waals surface area contributed by atoms with Crippen LogP contribution in [0.4, 0.5) is 4.79 Å². The number of Topliss-reactive ketones (excluding diaryl/α,β-unsaturated/α-hetero) is 1. The number of carbonyl (C=O) groups is 2. The molecule has 0 saturated heterocycles. The van der Waals surface area contributed by atoms with Crippen LogP contribution in [0.25, 0.3) is 0 Å². The zero-order valence-electron chi connectivity index (χ0n) is 10.3. The maximum Gasteiger partial charge on any atom is 0.314 e. The third kappa shape index (κ3) is 5.82. The first kappa shape index (κ1) is 14.7. The van der Waals surface area contributed by atoms with Crippen molar-refractivity contribution in [1.29, 1.82) is 0 Å². The minimum absolute atomic E-state index is 0.0727. The molecule has 1 rings (SSSR count). The third-order valence-corrected chi connectivity index (χ3v) is 3.17. The summed E-state index contributed by atoms with van der Waals surface area (Å²) in [4.78, 5) is 22.0. The van der Waals surface area contributed by atoms with Crippen LogP contribution < -0.4 is 10.6 Å². The normalized spacial score (nSPS) is 9.89. The summed E-state index contributed by atoms with van der Waals surface area (Å²) < 4.78 is 1.05. The van der Waals surface area contributed by atoms with E-state index in [2.05, 4.69) is 26.6 Å². The lowest BCUT2D eigenvalue weighted by Crippen LogP contribution is -2.37. The third-order valence-electron chi connectivity index (χ3n) is 2.40. The lowest BCUT2D eigenvalue weighted by atomic mass is 10.1. The van der Waals surface area contributed by atoms with Gasteiger partial charge in [0.2, 0.25) is 0 Å². The Bertz CT molecular complexity index is 421. The molecule has 1 aromatic carbocycles. The maximum absolute atomic E-state index is 11.4. The summed E-state index contributed by atoms with van der Waals surface area (Å²) >= 11 is 3.46. The highest BCUT2D eigenvalue weighted by molar-refractivity contribution is 9.10. The van der Waals surface area contributed by atoms with Crippen LogP contribution in [0.3, 0.4) is 0 Å². The molecule has 0 fully saturated rings. The monoisotopic (exact) mass is 312 g/mol. The SMILES string of the molecule is CC(=O)CCNC(=O)NCCc1ccccc1Br. The van der Waals surface area contributed by atoms with Crippen molar-refractivity contribution in [3.8, 4) is 0 Å². The number of hydrogen-bond donors (Lipinski definition) is 2. The van der Waals surface area contributed by atoms with Gasteiger partial charge < -0.3 is 10.6 Å². The molecule has 4 nitrogen and oxygen atoms in total. The molecular formula is C13H17BrN2O2. The molecule has 1 aromatic rings. The summed E-state index contributed by atoms with van der Waals surface area (Å²) in [5.41, 5.74) is 1.15. The van der Waals surface area contributed by atoms with Crippen LogP contribution in [-0.2, 0) is 11.2 Å². The number of urea groups is 1. The number of benzene rings is 1. The van der Waals surface area contributed by atoms with Gasteiger partial charge in [-0.2, -0.15) is 0 Å². The zero-order chi connectivity index (χ0) is 13.4. The Morgan fingerprint density at radius 2 is 1.83 bits per heavy atom. The van der Waals surface area contributed by atoms with Crippen LogP contribution in [0.15, 0.2) is 28.7 Å². The average molecular weight is 313 g/mol. The standard InChI is InChI=1S/C13H17BrN2O2/c1-10(17)6-8-15-13(18)16-9-7-11-4-2-3-5-12(11)14/h2-5H,6-9H2,1H3,(H2,15,16,18). The van der Waals surface area contributed by atoms with Gasteiger partial charge in [0.15, 0.2) is 0 Å². The molecule has 2 N–H and O–H groups in total. The fraction of sp³-hybridized carbons (Fsp3) is 0.385. The Morgan fingerprint density at radius 3 is 2.50 bits per heavy atom. The molecule has 0 aromatic heterocycles. The molecule has 0 unspecified atom stereocenters. The van der Waals surface area contributed by atoms with E-state index in [1.807, 2.05) is 24.3 Å². The minimum atomic E-state index is -0.233. The van der Waals surface area contributed by atoms with E-state index in [-0.39, 0.29) is 11.8 Å². The van der Waals surface area contributed by atoms with Crippen LogP contribution in [0.5, 0.6) is 0 Å². The van der Waals surface area contributed by atoms with E-state index in [9.17, 15) is 9.59 Å². The summed E-state index contributed by atoms with van der Waals surface area (Å²) in [6.07, 6.45) is 1.14. The molecule has 0 bridgehead atoms. The number of rotatable bonds is 6. The van der Waals surface area contributed by atoms with E-state index in [0.717, 1.165) is 16.5 Å². The predicted molar refractivity (Wildman–Crippen MR) is 74.5 cm³/mol. The molecular weight excluding hydrogens is 296 g/mol. The van der Waals surface area contributed by atoms with Gasteiger partial charge in [-0.05, 0) is 25.0 Å². The van der Waals surface area contributed by atoms with Gasteiger partial charge in [-0.25, -0.2) is 4.79 Å². The molecule has 98 valence electrons. The van der Waals surface area contributed by atoms with Gasteiger partial charge in [-0.1, -0.05) is 34.1 Å². The molecule has 0 heterocycles. The van der Waals surface area contributed by atoms with Gasteiger partial charge in [0.1, 0.15) is 5.78 Å². The Kier molecular flexibility index (Phi) is 6.43. The number of halogens is 1. The molecule has 5 heteroatoms. The highest BCUT2D eigenvalue weighted by Crippen LogP contribution is 2.15. The van der Waals surface area contributed by atoms with Gasteiger partial charge in [0, 0.05) is 24.0 Å². The second kappa shape index (κ2) is 7.87. The van der Waals surface area contributed by atoms with Gasteiger partial charge in [0.25, 0.3) is 0 Å². The molecule has 18 heavy (non-hydrogen) atoms. The van der Waals surface area contributed by atoms with Crippen LogP contribution >= 0.6 is 15.9 Å². The summed E-state index contributed by atoms with van der Waals surface area (Å²) in [7, 11) is 0. The highest BCUT2D eigenvalue weighted by Gasteiger charge is 2.02. The second-order valence-electron chi connectivity index (χ2n) is 3.98. The van der Waals surface area contributed by atoms with Crippen molar-refractivity contribution >= 4 is 27.7 Å². The number of hydrogen-bond acceptors (Lipinski definition) is 2. The van der Waals surface area contributed by atoms with Crippen molar-refractivity contribution in [1.82, 2.24) is 10.6 Å². The molecule has 0 atom stereocenters. The first-order valence-electron chi connectivity index (χ1n) is 5.84. The fourth-order valence-corrected chi connectivity index (χ4v) is 1.91. The molecule has 0 radical (unpaired) electrons. The van der Waals surface area contributed by atoms with E-state index in [0.29, 0.717) is 19.5 Å². The van der Waals surface area contributed by atoms with Crippen molar-refractivity contribution in [2.75, 3.05) is 13.1 Å². The average Bonchev–Trinajstić information content (AvgIpc) is 2.31. The molecule has 0 aliphatic heterocycles. The highest BCUT2D eigenvalue weighted by atomic mass is 79.9. The summed E-state index contributed by atoms with van der Waals surface area (Å²) in [5, 5.41) is 5.38. The van der Waals surface area contributed by atoms with Gasteiger partial charge in [0.05, 0.1) is 0 Å². The Morgan fingerprint density at radius 1 is 1.17 bits per heavy atom. The van der Waals surface area contributed by atoms with E-state index >= 15 is 0 Å². The number of nitrogens with one attached hydrogen (secondary N) is 2. The Labute approximate surface area is 115 Å². The molecule has 0 aliphatic rings. The topological polar surface area (TPSA) is 58.2 Å². The van der Waals surface area contributed by atoms with Crippen molar-refractivity contribution in [2.45, 2.75) is 19.8 Å². The summed E-state index contributed by atoms with van der Waals surface area (Å²) in [6, 6.07) is 7.67. The van der Waals surface area contributed by atoms with Crippen LogP contribution in [0, 0.1) is 0 Å². The summed E-state index contributed by atoms with van der Waals surface area (Å²) in [5.74, 6) is 0.0727. The lowest BCUT2D eigenvalue weighted by Gasteiger charge is -2.07. The number of carbonyl (C=O) groups excluding carboxylic acids is 2. The van der Waals surface area contributed by atoms with Crippen LogP contribution in [0.2, 0.25) is 0 Å². The Balaban J connectivity index is 2.20. The Hall–Kier alpha value is -1.36. The first-order chi connectivity index (χ1) is 8.59. The number of ketones is 1. The van der Waals surface area contributed by atoms with E-state index in [4.69, 9.17) is 0 Å². The van der Waals surface area contributed by atoms with E-state index < -0.39 is 0 Å². The molecule has 2 amide bonds. The largest absolute Gasteiger partial charge is 0.338 e. The lowest BCUT2D eigenvalue weighted by molar-refractivity contribution is -0.116. The minimum Gasteiger partial charge on any atom is -0.338 e. The number of amides is 2. The van der Waals surface area contributed by atoms with Gasteiger partial charge in [-0.3, -0.25) is 4.79 Å². The summed E-state index contributed by atoms with van der Waals surface area (Å²) in [6.45, 7) is 2.46. The quantitative estimate of drug-likeness (QED) is 0.846. The van der Waals surface area contributed by atoms with Gasteiger partial charge >= 0.3 is 6.03 Å². The fourth-order valence-electron chi connectivity index (χ4n) is 1.43.